The summed E-state index contributed by atoms with van der Waals surface area (Å²) in [6, 6.07) is 0. The molecule has 1 atom stereocenters. The van der Waals surface area contributed by atoms with Gasteiger partial charge in [-0.05, 0) is 0 Å². The van der Waals surface area contributed by atoms with E-state index >= 15 is 0 Å². The van der Waals surface area contributed by atoms with Crippen molar-refractivity contribution in [2.45, 2.75) is 32.3 Å². The van der Waals surface area contributed by atoms with Crippen LogP contribution in [0.3, 0.4) is 0 Å². The van der Waals surface area contributed by atoms with Gasteiger partial charge in [-0.3, -0.25) is 0 Å². The molecule has 19 heavy (non-hydrogen) atoms. The number of rotatable bonds is 2. The number of hydrogen-bond acceptors (Lipinski definition) is 7. The van der Waals surface area contributed by atoms with Crippen LogP contribution in [0, 0.1) is 0 Å². The predicted octanol–water partition coefficient (Wildman–Crippen LogP) is 1.21. The average molecular weight is 285 g/mol. The van der Waals surface area contributed by atoms with Gasteiger partial charge in [-0.15, -0.1) is 0 Å². The van der Waals surface area contributed by atoms with Gasteiger partial charge in [0.15, 0.2) is 6.10 Å². The molecule has 1 aliphatic rings. The third-order valence-electron chi connectivity index (χ3n) is 2.89. The lowest BCUT2D eigenvalue weighted by atomic mass is 9.96. The second-order valence-corrected chi connectivity index (χ2v) is 6.21. The summed E-state index contributed by atoms with van der Waals surface area (Å²) in [5.41, 5.74) is -0.0667. The Kier molecular flexibility index (Phi) is 4.05. The van der Waals surface area contributed by atoms with Crippen LogP contribution in [0.5, 0.6) is 0 Å². The summed E-state index contributed by atoms with van der Waals surface area (Å²) < 4.78 is 14.5. The SMILES string of the molecule is COC(=O)C1CN(c2nc(C(C)(C)C)ns2)CCO1. The minimum absolute atomic E-state index is 0.0667. The summed E-state index contributed by atoms with van der Waals surface area (Å²) in [4.78, 5) is 18.1. The zero-order valence-corrected chi connectivity index (χ0v) is 12.5. The Balaban J connectivity index is 2.09. The highest BCUT2D eigenvalue weighted by Gasteiger charge is 2.30. The van der Waals surface area contributed by atoms with Crippen molar-refractivity contribution in [3.8, 4) is 0 Å². The van der Waals surface area contributed by atoms with Crippen LogP contribution < -0.4 is 4.90 Å². The van der Waals surface area contributed by atoms with Crippen molar-refractivity contribution >= 4 is 22.6 Å². The van der Waals surface area contributed by atoms with E-state index in [4.69, 9.17) is 9.47 Å². The van der Waals surface area contributed by atoms with Crippen molar-refractivity contribution in [3.05, 3.63) is 5.82 Å². The third kappa shape index (κ3) is 3.22. The second kappa shape index (κ2) is 5.42. The van der Waals surface area contributed by atoms with Gasteiger partial charge in [0, 0.05) is 23.5 Å². The molecule has 0 saturated carbocycles. The Labute approximate surface area is 116 Å². The number of anilines is 1. The summed E-state index contributed by atoms with van der Waals surface area (Å²) >= 11 is 1.36. The number of methoxy groups -OCH3 is 1. The van der Waals surface area contributed by atoms with Crippen LogP contribution in [0.1, 0.15) is 26.6 Å². The van der Waals surface area contributed by atoms with Crippen LogP contribution in [-0.4, -0.2) is 48.2 Å². The molecule has 0 N–H and O–H groups in total. The van der Waals surface area contributed by atoms with E-state index in [1.165, 1.54) is 18.6 Å². The highest BCUT2D eigenvalue weighted by atomic mass is 32.1. The Hall–Kier alpha value is -1.21. The molecule has 0 bridgehead atoms. The molecule has 7 heteroatoms. The first-order valence-electron chi connectivity index (χ1n) is 6.20. The summed E-state index contributed by atoms with van der Waals surface area (Å²) in [6.45, 7) is 7.90. The summed E-state index contributed by atoms with van der Waals surface area (Å²) in [5, 5.41) is 0.835. The van der Waals surface area contributed by atoms with E-state index in [9.17, 15) is 4.79 Å². The van der Waals surface area contributed by atoms with Crippen molar-refractivity contribution in [1.29, 1.82) is 0 Å². The smallest absolute Gasteiger partial charge is 0.336 e. The van der Waals surface area contributed by atoms with E-state index in [-0.39, 0.29) is 11.4 Å². The Bertz CT molecular complexity index is 455. The summed E-state index contributed by atoms with van der Waals surface area (Å²) in [5.74, 6) is 0.485. The minimum Gasteiger partial charge on any atom is -0.467 e. The molecule has 1 aromatic rings. The number of hydrogen-bond donors (Lipinski definition) is 0. The maximum Gasteiger partial charge on any atom is 0.336 e. The zero-order valence-electron chi connectivity index (χ0n) is 11.7. The molecule has 0 spiro atoms. The van der Waals surface area contributed by atoms with E-state index in [0.717, 1.165) is 11.0 Å². The van der Waals surface area contributed by atoms with Gasteiger partial charge in [0.05, 0.1) is 20.3 Å². The topological polar surface area (TPSA) is 64.5 Å². The lowest BCUT2D eigenvalue weighted by Gasteiger charge is -2.30. The van der Waals surface area contributed by atoms with Crippen LogP contribution in [-0.2, 0) is 19.7 Å². The van der Waals surface area contributed by atoms with Crippen molar-refractivity contribution in [3.63, 3.8) is 0 Å². The first kappa shape index (κ1) is 14.2. The molecule has 1 aliphatic heterocycles. The highest BCUT2D eigenvalue weighted by molar-refractivity contribution is 7.09. The van der Waals surface area contributed by atoms with Gasteiger partial charge < -0.3 is 14.4 Å². The van der Waals surface area contributed by atoms with Crippen LogP contribution in [0.25, 0.3) is 0 Å². The van der Waals surface area contributed by atoms with Crippen molar-refractivity contribution in [2.75, 3.05) is 31.7 Å². The van der Waals surface area contributed by atoms with Gasteiger partial charge in [0.2, 0.25) is 5.13 Å². The van der Waals surface area contributed by atoms with Crippen LogP contribution in [0.4, 0.5) is 5.13 Å². The van der Waals surface area contributed by atoms with Gasteiger partial charge in [0.1, 0.15) is 5.82 Å². The number of nitrogens with zero attached hydrogens (tertiary/aromatic N) is 3. The molecule has 0 aromatic carbocycles. The van der Waals surface area contributed by atoms with Crippen molar-refractivity contribution in [1.82, 2.24) is 9.36 Å². The molecule has 1 unspecified atom stereocenters. The quantitative estimate of drug-likeness (QED) is 0.761. The molecule has 1 aromatic heterocycles. The van der Waals surface area contributed by atoms with E-state index < -0.39 is 6.10 Å². The maximum absolute atomic E-state index is 11.5. The molecule has 2 heterocycles. The number of morpholine rings is 1. The molecule has 1 saturated heterocycles. The van der Waals surface area contributed by atoms with Crippen molar-refractivity contribution < 1.29 is 14.3 Å². The Morgan fingerprint density at radius 3 is 2.84 bits per heavy atom. The van der Waals surface area contributed by atoms with Crippen molar-refractivity contribution in [2.24, 2.45) is 0 Å². The Morgan fingerprint density at radius 1 is 1.53 bits per heavy atom. The average Bonchev–Trinajstić information content (AvgIpc) is 2.87. The second-order valence-electron chi connectivity index (χ2n) is 5.48. The third-order valence-corrected chi connectivity index (χ3v) is 3.66. The molecule has 1 fully saturated rings. The molecule has 0 radical (unpaired) electrons. The summed E-state index contributed by atoms with van der Waals surface area (Å²) in [6.07, 6.45) is -0.541. The zero-order chi connectivity index (χ0) is 14.0. The van der Waals surface area contributed by atoms with E-state index in [1.54, 1.807) is 0 Å². The molecule has 106 valence electrons. The Morgan fingerprint density at radius 2 is 2.26 bits per heavy atom. The fourth-order valence-corrected chi connectivity index (χ4v) is 2.64. The van der Waals surface area contributed by atoms with Gasteiger partial charge in [0.25, 0.3) is 0 Å². The summed E-state index contributed by atoms with van der Waals surface area (Å²) in [7, 11) is 1.37. The number of carbonyl (C=O) groups is 1. The molecule has 0 aliphatic carbocycles. The molecule has 2 rings (SSSR count). The van der Waals surface area contributed by atoms with Gasteiger partial charge >= 0.3 is 5.97 Å². The van der Waals surface area contributed by atoms with Gasteiger partial charge in [-0.2, -0.15) is 4.37 Å². The first-order valence-corrected chi connectivity index (χ1v) is 6.97. The normalized spacial score (nSPS) is 20.4. The number of aromatic nitrogens is 2. The lowest BCUT2D eigenvalue weighted by Crippen LogP contribution is -2.46. The van der Waals surface area contributed by atoms with E-state index in [0.29, 0.717) is 19.7 Å². The maximum atomic E-state index is 11.5. The number of ether oxygens (including phenoxy) is 2. The minimum atomic E-state index is -0.541. The lowest BCUT2D eigenvalue weighted by molar-refractivity contribution is -0.154. The molecular formula is C12H19N3O3S. The number of esters is 1. The van der Waals surface area contributed by atoms with Gasteiger partial charge in [-0.25, -0.2) is 9.78 Å². The van der Waals surface area contributed by atoms with E-state index in [1.807, 2.05) is 4.90 Å². The standard InChI is InChI=1S/C12H19N3O3S/c1-12(2,3)10-13-11(19-14-10)15-5-6-18-8(7-15)9(16)17-4/h8H,5-7H2,1-4H3. The fraction of sp³-hybridized carbons (Fsp3) is 0.750. The van der Waals surface area contributed by atoms with Crippen LogP contribution in [0.15, 0.2) is 0 Å². The molecule has 0 amide bonds. The largest absolute Gasteiger partial charge is 0.467 e. The molecule has 6 nitrogen and oxygen atoms in total. The van der Waals surface area contributed by atoms with Gasteiger partial charge in [-0.1, -0.05) is 20.8 Å². The monoisotopic (exact) mass is 285 g/mol. The van der Waals surface area contributed by atoms with E-state index in [2.05, 4.69) is 30.1 Å². The highest BCUT2D eigenvalue weighted by Crippen LogP contribution is 2.26. The molecular weight excluding hydrogens is 266 g/mol. The number of carbonyl (C=O) groups excluding carboxylic acids is 1. The first-order chi connectivity index (χ1) is 8.91. The van der Waals surface area contributed by atoms with Crippen LogP contribution in [0.2, 0.25) is 0 Å². The fourth-order valence-electron chi connectivity index (χ4n) is 1.75. The van der Waals surface area contributed by atoms with Crippen LogP contribution >= 0.6 is 11.5 Å². The predicted molar refractivity (Wildman–Crippen MR) is 72.6 cm³/mol.